The van der Waals surface area contributed by atoms with E-state index in [9.17, 15) is 0 Å². The van der Waals surface area contributed by atoms with Crippen molar-refractivity contribution in [2.45, 2.75) is 6.42 Å². The summed E-state index contributed by atoms with van der Waals surface area (Å²) in [6.45, 7) is 0.103. The number of hydrogen-bond acceptors (Lipinski definition) is 2. The summed E-state index contributed by atoms with van der Waals surface area (Å²) in [4.78, 5) is 4.68. The summed E-state index contributed by atoms with van der Waals surface area (Å²) in [5.74, 6) is 0.877. The van der Waals surface area contributed by atoms with Crippen molar-refractivity contribution < 1.29 is 5.11 Å². The first-order valence-electron chi connectivity index (χ1n) is 6.50. The monoisotopic (exact) mass is 333 g/mol. The maximum Gasteiger partial charge on any atom is 0.112 e. The number of aromatic nitrogens is 3. The molecule has 5 heteroatoms. The summed E-state index contributed by atoms with van der Waals surface area (Å²) >= 11 is 3.61. The van der Waals surface area contributed by atoms with Crippen LogP contribution in [0.2, 0.25) is 0 Å². The van der Waals surface area contributed by atoms with Gasteiger partial charge in [-0.25, -0.2) is 4.98 Å². The minimum Gasteiger partial charge on any atom is -0.396 e. The highest BCUT2D eigenvalue weighted by Gasteiger charge is 2.17. The van der Waals surface area contributed by atoms with Crippen molar-refractivity contribution in [3.63, 3.8) is 0 Å². The van der Waals surface area contributed by atoms with E-state index in [2.05, 4.69) is 43.8 Å². The third-order valence-electron chi connectivity index (χ3n) is 3.61. The van der Waals surface area contributed by atoms with Crippen molar-refractivity contribution >= 4 is 26.8 Å². The molecule has 0 unspecified atom stereocenters. The first-order valence-corrected chi connectivity index (χ1v) is 7.29. The van der Waals surface area contributed by atoms with Gasteiger partial charge in [0, 0.05) is 43.2 Å². The van der Waals surface area contributed by atoms with Gasteiger partial charge in [-0.3, -0.25) is 0 Å². The van der Waals surface area contributed by atoms with Crippen LogP contribution in [0.25, 0.3) is 22.2 Å². The minimum absolute atomic E-state index is 0.103. The lowest BCUT2D eigenvalue weighted by Gasteiger charge is -1.99. The Bertz CT molecular complexity index is 773. The molecular formula is C15H16BrN3O. The SMILES string of the molecule is Cn1c(CCO)nc(-c2cn(C)c3ccccc23)c1Br. The molecule has 0 aliphatic rings. The zero-order chi connectivity index (χ0) is 14.3. The largest absolute Gasteiger partial charge is 0.396 e. The molecule has 1 N–H and O–H groups in total. The van der Waals surface area contributed by atoms with Gasteiger partial charge in [-0.2, -0.15) is 0 Å². The average Bonchev–Trinajstić information content (AvgIpc) is 2.92. The number of nitrogens with zero attached hydrogens (tertiary/aromatic N) is 3. The molecule has 4 nitrogen and oxygen atoms in total. The van der Waals surface area contributed by atoms with Crippen LogP contribution < -0.4 is 0 Å². The highest BCUT2D eigenvalue weighted by atomic mass is 79.9. The molecule has 0 fully saturated rings. The van der Waals surface area contributed by atoms with Crippen molar-refractivity contribution in [1.82, 2.24) is 14.1 Å². The Labute approximate surface area is 125 Å². The standard InChI is InChI=1S/C15H16BrN3O/c1-18-9-11(10-5-3-4-6-12(10)18)14-15(16)19(2)13(17-14)7-8-20/h3-6,9,20H,7-8H2,1-2H3. The molecule has 0 radical (unpaired) electrons. The number of halogens is 1. The summed E-state index contributed by atoms with van der Waals surface area (Å²) in [6.07, 6.45) is 2.65. The molecule has 3 rings (SSSR count). The number of fused-ring (bicyclic) bond motifs is 1. The van der Waals surface area contributed by atoms with E-state index in [4.69, 9.17) is 5.11 Å². The van der Waals surface area contributed by atoms with Gasteiger partial charge in [-0.05, 0) is 22.0 Å². The molecule has 0 amide bonds. The van der Waals surface area contributed by atoms with Crippen LogP contribution >= 0.6 is 15.9 Å². The Hall–Kier alpha value is -1.59. The van der Waals surface area contributed by atoms with Gasteiger partial charge < -0.3 is 14.2 Å². The average molecular weight is 334 g/mol. The van der Waals surface area contributed by atoms with Gasteiger partial charge in [0.2, 0.25) is 0 Å². The maximum atomic E-state index is 9.12. The van der Waals surface area contributed by atoms with E-state index in [-0.39, 0.29) is 6.61 Å². The number of aliphatic hydroxyl groups excluding tert-OH is 1. The molecule has 1 aromatic carbocycles. The van der Waals surface area contributed by atoms with E-state index in [1.54, 1.807) is 0 Å². The lowest BCUT2D eigenvalue weighted by Crippen LogP contribution is -2.00. The molecule has 3 aromatic rings. The van der Waals surface area contributed by atoms with Gasteiger partial charge in [-0.15, -0.1) is 0 Å². The maximum absolute atomic E-state index is 9.12. The fraction of sp³-hybridized carbons (Fsp3) is 0.267. The Kier molecular flexibility index (Phi) is 3.40. The molecule has 2 heterocycles. The molecule has 2 aromatic heterocycles. The number of aliphatic hydroxyl groups is 1. The van der Waals surface area contributed by atoms with Gasteiger partial charge in [-0.1, -0.05) is 18.2 Å². The smallest absolute Gasteiger partial charge is 0.112 e. The third kappa shape index (κ3) is 1.98. The van der Waals surface area contributed by atoms with Crippen LogP contribution in [0.1, 0.15) is 5.82 Å². The summed E-state index contributed by atoms with van der Waals surface area (Å²) in [6, 6.07) is 8.29. The minimum atomic E-state index is 0.103. The van der Waals surface area contributed by atoms with Crippen molar-refractivity contribution in [1.29, 1.82) is 0 Å². The van der Waals surface area contributed by atoms with Crippen LogP contribution in [0, 0.1) is 0 Å². The van der Waals surface area contributed by atoms with Crippen molar-refractivity contribution in [3.8, 4) is 11.3 Å². The molecule has 104 valence electrons. The van der Waals surface area contributed by atoms with Crippen LogP contribution in [0.4, 0.5) is 0 Å². The number of para-hydroxylation sites is 1. The number of imidazole rings is 1. The predicted molar refractivity (Wildman–Crippen MR) is 83.6 cm³/mol. The van der Waals surface area contributed by atoms with E-state index in [0.717, 1.165) is 21.7 Å². The molecule has 0 saturated heterocycles. The zero-order valence-corrected chi connectivity index (χ0v) is 13.1. The molecular weight excluding hydrogens is 318 g/mol. The van der Waals surface area contributed by atoms with Crippen LogP contribution in [0.3, 0.4) is 0 Å². The topological polar surface area (TPSA) is 43.0 Å². The Morgan fingerprint density at radius 1 is 1.25 bits per heavy atom. The van der Waals surface area contributed by atoms with Crippen LogP contribution in [0.15, 0.2) is 35.1 Å². The van der Waals surface area contributed by atoms with E-state index >= 15 is 0 Å². The Morgan fingerprint density at radius 2 is 2.00 bits per heavy atom. The van der Waals surface area contributed by atoms with Crippen LogP contribution in [-0.4, -0.2) is 25.8 Å². The van der Waals surface area contributed by atoms with Gasteiger partial charge in [0.15, 0.2) is 0 Å². The molecule has 0 aliphatic heterocycles. The summed E-state index contributed by atoms with van der Waals surface area (Å²) < 4.78 is 5.03. The number of hydrogen-bond donors (Lipinski definition) is 1. The zero-order valence-electron chi connectivity index (χ0n) is 11.5. The fourth-order valence-corrected chi connectivity index (χ4v) is 3.05. The number of benzene rings is 1. The summed E-state index contributed by atoms with van der Waals surface area (Å²) in [5, 5.41) is 10.3. The quantitative estimate of drug-likeness (QED) is 0.800. The fourth-order valence-electron chi connectivity index (χ4n) is 2.55. The van der Waals surface area contributed by atoms with Crippen molar-refractivity contribution in [3.05, 3.63) is 40.9 Å². The molecule has 0 bridgehead atoms. The molecule has 0 aliphatic carbocycles. The van der Waals surface area contributed by atoms with E-state index in [1.165, 1.54) is 10.9 Å². The molecule has 20 heavy (non-hydrogen) atoms. The molecule has 0 atom stereocenters. The first kappa shape index (κ1) is 13.4. The lowest BCUT2D eigenvalue weighted by molar-refractivity contribution is 0.295. The second-order valence-electron chi connectivity index (χ2n) is 4.87. The highest BCUT2D eigenvalue weighted by molar-refractivity contribution is 9.10. The highest BCUT2D eigenvalue weighted by Crippen LogP contribution is 2.34. The second kappa shape index (κ2) is 5.07. The predicted octanol–water partition coefficient (Wildman–Crippen LogP) is 2.88. The van der Waals surface area contributed by atoms with E-state index in [0.29, 0.717) is 6.42 Å². The van der Waals surface area contributed by atoms with Crippen molar-refractivity contribution in [2.24, 2.45) is 14.1 Å². The molecule has 0 saturated carbocycles. The van der Waals surface area contributed by atoms with Gasteiger partial charge in [0.05, 0.1) is 6.61 Å². The van der Waals surface area contributed by atoms with Crippen LogP contribution in [-0.2, 0) is 20.5 Å². The number of rotatable bonds is 3. The molecule has 0 spiro atoms. The van der Waals surface area contributed by atoms with Gasteiger partial charge in [0.1, 0.15) is 16.1 Å². The Morgan fingerprint density at radius 3 is 2.75 bits per heavy atom. The summed E-state index contributed by atoms with van der Waals surface area (Å²) in [5.41, 5.74) is 3.21. The first-order chi connectivity index (χ1) is 9.63. The third-order valence-corrected chi connectivity index (χ3v) is 4.51. The van der Waals surface area contributed by atoms with Gasteiger partial charge >= 0.3 is 0 Å². The lowest BCUT2D eigenvalue weighted by atomic mass is 10.1. The van der Waals surface area contributed by atoms with Gasteiger partial charge in [0.25, 0.3) is 0 Å². The number of aryl methyl sites for hydroxylation is 1. The van der Waals surface area contributed by atoms with Crippen LogP contribution in [0.5, 0.6) is 0 Å². The normalized spacial score (nSPS) is 11.4. The van der Waals surface area contributed by atoms with E-state index in [1.807, 2.05) is 30.8 Å². The second-order valence-corrected chi connectivity index (χ2v) is 5.62. The Balaban J connectivity index is 2.23. The van der Waals surface area contributed by atoms with Crippen molar-refractivity contribution in [2.75, 3.05) is 6.61 Å². The van der Waals surface area contributed by atoms with E-state index < -0.39 is 0 Å². The summed E-state index contributed by atoms with van der Waals surface area (Å²) in [7, 11) is 3.99.